The average Bonchev–Trinajstić information content (AvgIpc) is 2.80. The first kappa shape index (κ1) is 13.0. The zero-order valence-electron chi connectivity index (χ0n) is 10.9. The van der Waals surface area contributed by atoms with Crippen molar-refractivity contribution in [1.29, 1.82) is 0 Å². The zero-order chi connectivity index (χ0) is 14.0. The largest absolute Gasteiger partial charge is 0.545 e. The molecule has 0 N–H and O–H groups in total. The van der Waals surface area contributed by atoms with Gasteiger partial charge in [-0.05, 0) is 31.2 Å². The van der Waals surface area contributed by atoms with Gasteiger partial charge in [0.05, 0.1) is 20.2 Å². The minimum absolute atomic E-state index is 0.0461. The van der Waals surface area contributed by atoms with Crippen molar-refractivity contribution >= 4 is 5.97 Å². The number of carboxylic acids is 1. The summed E-state index contributed by atoms with van der Waals surface area (Å²) in [5, 5.41) is 10.9. The molecular weight excluding hydrogens is 248 g/mol. The lowest BCUT2D eigenvalue weighted by Gasteiger charge is -2.08. The highest BCUT2D eigenvalue weighted by atomic mass is 16.5. The molecule has 0 aliphatic carbocycles. The molecule has 100 valence electrons. The Kier molecular flexibility index (Phi) is 3.46. The standard InChI is InChI=1S/C14H14O5/c1-8-10(14(15)16)7-12(19-8)9-4-5-11(17-2)13(6-9)18-3/h4-7H,1-3H3,(H,15,16)/p-1. The molecule has 0 aliphatic rings. The number of hydrogen-bond donors (Lipinski definition) is 0. The summed E-state index contributed by atoms with van der Waals surface area (Å²) in [6.45, 7) is 1.58. The molecule has 19 heavy (non-hydrogen) atoms. The van der Waals surface area contributed by atoms with Crippen LogP contribution < -0.4 is 14.6 Å². The van der Waals surface area contributed by atoms with Crippen LogP contribution in [0.2, 0.25) is 0 Å². The highest BCUT2D eigenvalue weighted by Crippen LogP contribution is 2.33. The Morgan fingerprint density at radius 2 is 1.84 bits per heavy atom. The van der Waals surface area contributed by atoms with E-state index in [1.807, 2.05) is 0 Å². The van der Waals surface area contributed by atoms with Gasteiger partial charge in [-0.1, -0.05) is 0 Å². The Hall–Kier alpha value is -2.43. The minimum atomic E-state index is -1.26. The monoisotopic (exact) mass is 261 g/mol. The highest BCUT2D eigenvalue weighted by molar-refractivity contribution is 5.88. The smallest absolute Gasteiger partial charge is 0.161 e. The fraction of sp³-hybridized carbons (Fsp3) is 0.214. The van der Waals surface area contributed by atoms with Crippen LogP contribution in [0.4, 0.5) is 0 Å². The Bertz CT molecular complexity index is 612. The van der Waals surface area contributed by atoms with Gasteiger partial charge in [-0.25, -0.2) is 0 Å². The number of rotatable bonds is 4. The number of carboxylic acid groups (broad SMARTS) is 1. The van der Waals surface area contributed by atoms with Gasteiger partial charge in [0.25, 0.3) is 0 Å². The van der Waals surface area contributed by atoms with Gasteiger partial charge >= 0.3 is 0 Å². The van der Waals surface area contributed by atoms with Crippen LogP contribution in [0.1, 0.15) is 16.1 Å². The molecule has 5 nitrogen and oxygen atoms in total. The second-order valence-electron chi connectivity index (χ2n) is 3.94. The van der Waals surface area contributed by atoms with Crippen molar-refractivity contribution in [2.75, 3.05) is 14.2 Å². The quantitative estimate of drug-likeness (QED) is 0.836. The Morgan fingerprint density at radius 3 is 2.37 bits per heavy atom. The third-order valence-corrected chi connectivity index (χ3v) is 2.81. The highest BCUT2D eigenvalue weighted by Gasteiger charge is 2.12. The van der Waals surface area contributed by atoms with Crippen LogP contribution in [0.3, 0.4) is 0 Å². The van der Waals surface area contributed by atoms with Gasteiger partial charge in [-0.2, -0.15) is 0 Å². The van der Waals surface area contributed by atoms with Crippen molar-refractivity contribution in [2.45, 2.75) is 6.92 Å². The molecule has 0 aliphatic heterocycles. The van der Waals surface area contributed by atoms with E-state index in [2.05, 4.69) is 0 Å². The van der Waals surface area contributed by atoms with Crippen molar-refractivity contribution in [3.63, 3.8) is 0 Å². The summed E-state index contributed by atoms with van der Waals surface area (Å²) in [5.41, 5.74) is 0.748. The van der Waals surface area contributed by atoms with Crippen LogP contribution in [-0.2, 0) is 0 Å². The molecule has 0 radical (unpaired) electrons. The number of aromatic carboxylic acids is 1. The van der Waals surface area contributed by atoms with Crippen molar-refractivity contribution in [3.05, 3.63) is 35.6 Å². The van der Waals surface area contributed by atoms with Crippen molar-refractivity contribution in [3.8, 4) is 22.8 Å². The number of hydrogen-bond acceptors (Lipinski definition) is 5. The van der Waals surface area contributed by atoms with Gasteiger partial charge in [-0.3, -0.25) is 0 Å². The van der Waals surface area contributed by atoms with Gasteiger partial charge in [0.1, 0.15) is 11.5 Å². The first-order chi connectivity index (χ1) is 9.06. The Labute approximate surface area is 110 Å². The lowest BCUT2D eigenvalue weighted by molar-refractivity contribution is -0.255. The summed E-state index contributed by atoms with van der Waals surface area (Å²) in [6.07, 6.45) is 0. The summed E-state index contributed by atoms with van der Waals surface area (Å²) >= 11 is 0. The molecule has 0 atom stereocenters. The van der Waals surface area contributed by atoms with Gasteiger partial charge in [-0.15, -0.1) is 0 Å². The Balaban J connectivity index is 2.47. The van der Waals surface area contributed by atoms with E-state index in [1.165, 1.54) is 13.2 Å². The molecule has 1 aromatic carbocycles. The molecule has 2 rings (SSSR count). The number of methoxy groups -OCH3 is 2. The SMILES string of the molecule is COc1ccc(-c2cc(C(=O)[O-])c(C)o2)cc1OC. The van der Waals surface area contributed by atoms with Gasteiger partial charge in [0.2, 0.25) is 0 Å². The summed E-state index contributed by atoms with van der Waals surface area (Å²) < 4.78 is 15.7. The molecule has 1 aromatic heterocycles. The molecule has 0 saturated heterocycles. The minimum Gasteiger partial charge on any atom is -0.545 e. The summed E-state index contributed by atoms with van der Waals surface area (Å²) in [5.74, 6) is 0.633. The molecule has 0 spiro atoms. The van der Waals surface area contributed by atoms with E-state index in [4.69, 9.17) is 13.9 Å². The molecule has 0 saturated carbocycles. The molecule has 1 heterocycles. The third kappa shape index (κ3) is 2.40. The maximum atomic E-state index is 10.9. The van der Waals surface area contributed by atoms with Gasteiger partial charge < -0.3 is 23.8 Å². The molecule has 5 heteroatoms. The molecule has 0 amide bonds. The van der Waals surface area contributed by atoms with Crippen molar-refractivity contribution in [2.24, 2.45) is 0 Å². The third-order valence-electron chi connectivity index (χ3n) is 2.81. The van der Waals surface area contributed by atoms with Crippen LogP contribution >= 0.6 is 0 Å². The maximum Gasteiger partial charge on any atom is 0.161 e. The van der Waals surface area contributed by atoms with E-state index in [9.17, 15) is 9.90 Å². The second-order valence-corrected chi connectivity index (χ2v) is 3.94. The lowest BCUT2D eigenvalue weighted by Crippen LogP contribution is -2.22. The van der Waals surface area contributed by atoms with E-state index in [0.717, 1.165) is 0 Å². The number of carbonyl (C=O) groups excluding carboxylic acids is 1. The van der Waals surface area contributed by atoms with Crippen LogP contribution in [0, 0.1) is 6.92 Å². The fourth-order valence-electron chi connectivity index (χ4n) is 1.82. The fourth-order valence-corrected chi connectivity index (χ4v) is 1.82. The van der Waals surface area contributed by atoms with E-state index < -0.39 is 5.97 Å². The van der Waals surface area contributed by atoms with Crippen LogP contribution in [0.15, 0.2) is 28.7 Å². The molecular formula is C14H13O5-. The van der Waals surface area contributed by atoms with Crippen LogP contribution in [0.5, 0.6) is 11.5 Å². The topological polar surface area (TPSA) is 71.7 Å². The molecule has 0 unspecified atom stereocenters. The first-order valence-electron chi connectivity index (χ1n) is 5.61. The van der Waals surface area contributed by atoms with Crippen molar-refractivity contribution < 1.29 is 23.8 Å². The Morgan fingerprint density at radius 1 is 1.16 bits per heavy atom. The van der Waals surface area contributed by atoms with Crippen LogP contribution in [-0.4, -0.2) is 20.2 Å². The van der Waals surface area contributed by atoms with E-state index in [1.54, 1.807) is 32.2 Å². The maximum absolute atomic E-state index is 10.9. The summed E-state index contributed by atoms with van der Waals surface area (Å²) in [4.78, 5) is 10.9. The van der Waals surface area contributed by atoms with E-state index in [-0.39, 0.29) is 5.56 Å². The molecule has 0 fully saturated rings. The van der Waals surface area contributed by atoms with Crippen molar-refractivity contribution in [1.82, 2.24) is 0 Å². The zero-order valence-corrected chi connectivity index (χ0v) is 10.9. The summed E-state index contributed by atoms with van der Waals surface area (Å²) in [6, 6.07) is 6.64. The van der Waals surface area contributed by atoms with Gasteiger partial charge in [0.15, 0.2) is 11.5 Å². The molecule has 0 bridgehead atoms. The van der Waals surface area contributed by atoms with Gasteiger partial charge in [0, 0.05) is 11.1 Å². The lowest BCUT2D eigenvalue weighted by atomic mass is 10.1. The first-order valence-corrected chi connectivity index (χ1v) is 5.61. The van der Waals surface area contributed by atoms with E-state index >= 15 is 0 Å². The number of aryl methyl sites for hydroxylation is 1. The predicted molar refractivity (Wildman–Crippen MR) is 66.3 cm³/mol. The normalized spacial score (nSPS) is 10.3. The average molecular weight is 261 g/mol. The number of ether oxygens (including phenoxy) is 2. The number of furan rings is 1. The second kappa shape index (κ2) is 5.06. The van der Waals surface area contributed by atoms with Crippen LogP contribution in [0.25, 0.3) is 11.3 Å². The number of benzene rings is 1. The summed E-state index contributed by atoms with van der Waals surface area (Å²) in [7, 11) is 3.07. The van der Waals surface area contributed by atoms with E-state index in [0.29, 0.717) is 28.6 Å². The number of carbonyl (C=O) groups is 1. The molecule has 2 aromatic rings. The predicted octanol–water partition coefficient (Wildman–Crippen LogP) is 1.64.